The maximum atomic E-state index is 13.2. The molecule has 156 valence electrons. The van der Waals surface area contributed by atoms with Crippen LogP contribution in [0.5, 0.6) is 5.75 Å². The molecule has 0 aliphatic rings. The second-order valence-corrected chi connectivity index (χ2v) is 6.78. The maximum Gasteiger partial charge on any atom is 0.323 e. The van der Waals surface area contributed by atoms with E-state index in [0.717, 1.165) is 30.1 Å². The Hall–Kier alpha value is -3.61. The number of hydrogen-bond donors (Lipinski definition) is 2. The number of aliphatic carboxylic acids is 1. The maximum absolute atomic E-state index is 13.2. The Morgan fingerprint density at radius 1 is 1.07 bits per heavy atom. The highest BCUT2D eigenvalue weighted by atomic mass is 19.1. The highest BCUT2D eigenvalue weighted by Gasteiger charge is 2.12. The van der Waals surface area contributed by atoms with E-state index in [1.165, 1.54) is 12.1 Å². The number of H-pyrrole nitrogens is 1. The minimum Gasteiger partial charge on any atom is -0.493 e. The highest BCUT2D eigenvalue weighted by Crippen LogP contribution is 2.19. The van der Waals surface area contributed by atoms with E-state index in [4.69, 9.17) is 4.74 Å². The molecule has 0 atom stereocenters. The van der Waals surface area contributed by atoms with Gasteiger partial charge in [0.2, 0.25) is 0 Å². The summed E-state index contributed by atoms with van der Waals surface area (Å²) in [6, 6.07) is 19.2. The predicted octanol–water partition coefficient (Wildman–Crippen LogP) is 3.61. The van der Waals surface area contributed by atoms with Crippen molar-refractivity contribution in [2.45, 2.75) is 13.0 Å². The first-order chi connectivity index (χ1) is 14.6. The Morgan fingerprint density at radius 2 is 1.83 bits per heavy atom. The summed E-state index contributed by atoms with van der Waals surface area (Å²) < 4.78 is 18.9. The van der Waals surface area contributed by atoms with Crippen LogP contribution in [0.15, 0.2) is 72.9 Å². The molecule has 7 heteroatoms. The molecule has 0 spiro atoms. The molecule has 0 saturated heterocycles. The van der Waals surface area contributed by atoms with E-state index in [2.05, 4.69) is 10.3 Å². The number of carbonyl (C=O) groups is 1. The Balaban J connectivity index is 1.48. The monoisotopic (exact) mass is 410 g/mol. The molecular formula is C23H25FN3O3+. The fourth-order valence-electron chi connectivity index (χ4n) is 2.95. The third-order valence-corrected chi connectivity index (χ3v) is 4.43. The van der Waals surface area contributed by atoms with Crippen LogP contribution < -0.4 is 19.9 Å². The van der Waals surface area contributed by atoms with Gasteiger partial charge in [-0.3, -0.25) is 10.1 Å². The van der Waals surface area contributed by atoms with E-state index in [9.17, 15) is 14.3 Å². The van der Waals surface area contributed by atoms with Crippen molar-refractivity contribution in [1.29, 1.82) is 0 Å². The molecule has 30 heavy (non-hydrogen) atoms. The summed E-state index contributed by atoms with van der Waals surface area (Å²) in [5.41, 5.74) is 1.59. The number of pyridine rings is 1. The lowest BCUT2D eigenvalue weighted by atomic mass is 10.2. The number of halogens is 1. The summed E-state index contributed by atoms with van der Waals surface area (Å²) in [5.74, 6) is 0.430. The second-order valence-electron chi connectivity index (χ2n) is 6.78. The van der Waals surface area contributed by atoms with E-state index in [1.54, 1.807) is 17.0 Å². The lowest BCUT2D eigenvalue weighted by Crippen LogP contribution is -2.29. The van der Waals surface area contributed by atoms with Crippen LogP contribution in [0, 0.1) is 5.82 Å². The number of ether oxygens (including phenoxy) is 1. The van der Waals surface area contributed by atoms with Crippen LogP contribution in [-0.2, 0) is 11.3 Å². The van der Waals surface area contributed by atoms with E-state index in [-0.39, 0.29) is 12.4 Å². The van der Waals surface area contributed by atoms with Crippen molar-refractivity contribution >= 4 is 17.5 Å². The number of aromatic amines is 1. The minimum atomic E-state index is -0.944. The third-order valence-electron chi connectivity index (χ3n) is 4.43. The van der Waals surface area contributed by atoms with Gasteiger partial charge in [-0.25, -0.2) is 9.37 Å². The molecule has 0 amide bonds. The number of aromatic nitrogens is 1. The summed E-state index contributed by atoms with van der Waals surface area (Å²) in [5, 5.41) is 12.5. The molecule has 6 nitrogen and oxygen atoms in total. The molecule has 0 radical (unpaired) electrons. The van der Waals surface area contributed by atoms with Crippen molar-refractivity contribution in [3.8, 4) is 5.75 Å². The molecular weight excluding hydrogens is 385 g/mol. The molecule has 0 fully saturated rings. The zero-order valence-corrected chi connectivity index (χ0v) is 16.6. The molecule has 3 N–H and O–H groups in total. The standard InChI is InChI=1S/C23H24FN3O3/c24-19-7-9-20(10-8-19)27(17-23(28)29)16-18-5-11-21(12-6-18)30-15-3-14-26-22-4-1-2-13-25-22/h1-2,4-13H,3,14-17H2,(H,25,26)(H,28,29)/p+1. The van der Waals surface area contributed by atoms with Gasteiger partial charge in [0, 0.05) is 24.7 Å². The van der Waals surface area contributed by atoms with Gasteiger partial charge in [-0.05, 0) is 48.0 Å². The molecule has 1 heterocycles. The largest absolute Gasteiger partial charge is 0.493 e. The van der Waals surface area contributed by atoms with Crippen LogP contribution in [0.3, 0.4) is 0 Å². The summed E-state index contributed by atoms with van der Waals surface area (Å²) in [7, 11) is 0. The van der Waals surface area contributed by atoms with E-state index >= 15 is 0 Å². The average Bonchev–Trinajstić information content (AvgIpc) is 2.75. The number of benzene rings is 2. The molecule has 2 aromatic carbocycles. The minimum absolute atomic E-state index is 0.171. The molecule has 3 aromatic rings. The molecule has 0 aliphatic heterocycles. The van der Waals surface area contributed by atoms with E-state index in [1.807, 2.05) is 48.7 Å². The van der Waals surface area contributed by atoms with Gasteiger partial charge in [-0.1, -0.05) is 18.2 Å². The van der Waals surface area contributed by atoms with Gasteiger partial charge in [0.15, 0.2) is 0 Å². The summed E-state index contributed by atoms with van der Waals surface area (Å²) in [6.45, 7) is 1.60. The molecule has 1 aromatic heterocycles. The summed E-state index contributed by atoms with van der Waals surface area (Å²) in [6.07, 6.45) is 2.72. The Bertz CT molecular complexity index is 919. The molecule has 3 rings (SSSR count). The SMILES string of the molecule is O=C(O)CN(Cc1ccc(OCCCNc2cccc[nH+]2)cc1)c1ccc(F)cc1. The first kappa shape index (κ1) is 21.1. The van der Waals surface area contributed by atoms with Crippen LogP contribution in [0.2, 0.25) is 0 Å². The van der Waals surface area contributed by atoms with Crippen molar-refractivity contribution in [1.82, 2.24) is 0 Å². The number of rotatable bonds is 11. The van der Waals surface area contributed by atoms with Crippen LogP contribution in [0.25, 0.3) is 0 Å². The zero-order valence-electron chi connectivity index (χ0n) is 16.6. The van der Waals surface area contributed by atoms with E-state index in [0.29, 0.717) is 18.8 Å². The van der Waals surface area contributed by atoms with Crippen LogP contribution >= 0.6 is 0 Å². The van der Waals surface area contributed by atoms with Crippen molar-refractivity contribution < 1.29 is 24.0 Å². The molecule has 0 bridgehead atoms. The van der Waals surface area contributed by atoms with Crippen molar-refractivity contribution in [2.24, 2.45) is 0 Å². The topological polar surface area (TPSA) is 75.9 Å². The van der Waals surface area contributed by atoms with Gasteiger partial charge < -0.3 is 14.7 Å². The first-order valence-electron chi connectivity index (χ1n) is 9.75. The van der Waals surface area contributed by atoms with Crippen LogP contribution in [-0.4, -0.2) is 30.8 Å². The van der Waals surface area contributed by atoms with Gasteiger partial charge in [0.25, 0.3) is 5.82 Å². The quantitative estimate of drug-likeness (QED) is 0.472. The summed E-state index contributed by atoms with van der Waals surface area (Å²) >= 11 is 0. The normalized spacial score (nSPS) is 10.4. The van der Waals surface area contributed by atoms with E-state index < -0.39 is 5.97 Å². The van der Waals surface area contributed by atoms with Gasteiger partial charge in [-0.2, -0.15) is 0 Å². The van der Waals surface area contributed by atoms with Crippen molar-refractivity contribution in [3.63, 3.8) is 0 Å². The third kappa shape index (κ3) is 6.77. The number of nitrogens with zero attached hydrogens (tertiary/aromatic N) is 1. The van der Waals surface area contributed by atoms with Crippen LogP contribution in [0.4, 0.5) is 15.9 Å². The Morgan fingerprint density at radius 3 is 2.50 bits per heavy atom. The smallest absolute Gasteiger partial charge is 0.323 e. The lowest BCUT2D eigenvalue weighted by molar-refractivity contribution is -0.361. The fraction of sp³-hybridized carbons (Fsp3) is 0.217. The average molecular weight is 410 g/mol. The van der Waals surface area contributed by atoms with Gasteiger partial charge in [0.1, 0.15) is 18.1 Å². The zero-order chi connectivity index (χ0) is 21.2. The summed E-state index contributed by atoms with van der Waals surface area (Å²) in [4.78, 5) is 16.0. The lowest BCUT2D eigenvalue weighted by Gasteiger charge is -2.23. The van der Waals surface area contributed by atoms with Gasteiger partial charge >= 0.3 is 5.97 Å². The van der Waals surface area contributed by atoms with Crippen LogP contribution in [0.1, 0.15) is 12.0 Å². The highest BCUT2D eigenvalue weighted by molar-refractivity contribution is 5.73. The van der Waals surface area contributed by atoms with Gasteiger partial charge in [0.05, 0.1) is 19.3 Å². The first-order valence-corrected chi connectivity index (χ1v) is 9.75. The molecule has 0 unspecified atom stereocenters. The van der Waals surface area contributed by atoms with Gasteiger partial charge in [-0.15, -0.1) is 0 Å². The Labute approximate surface area is 174 Å². The second kappa shape index (κ2) is 10.8. The van der Waals surface area contributed by atoms with Crippen molar-refractivity contribution in [2.75, 3.05) is 29.9 Å². The predicted molar refractivity (Wildman–Crippen MR) is 113 cm³/mol. The number of carboxylic acids is 1. The molecule has 0 aliphatic carbocycles. The van der Waals surface area contributed by atoms with Crippen molar-refractivity contribution in [3.05, 3.63) is 84.3 Å². The fourth-order valence-corrected chi connectivity index (χ4v) is 2.95. The number of anilines is 2. The number of nitrogens with one attached hydrogen (secondary N) is 2. The number of hydrogen-bond acceptors (Lipinski definition) is 4. The Kier molecular flexibility index (Phi) is 7.60. The molecule has 0 saturated carbocycles. The number of carboxylic acid groups (broad SMARTS) is 1.